The molecule has 0 saturated carbocycles. The summed E-state index contributed by atoms with van der Waals surface area (Å²) in [5.74, 6) is -0.0584. The van der Waals surface area contributed by atoms with Crippen molar-refractivity contribution in [2.45, 2.75) is 19.5 Å². The molecule has 0 aliphatic carbocycles. The fraction of sp³-hybridized carbons (Fsp3) is 0.200. The van der Waals surface area contributed by atoms with Gasteiger partial charge in [0.1, 0.15) is 6.54 Å². The summed E-state index contributed by atoms with van der Waals surface area (Å²) in [4.78, 5) is 36.6. The van der Waals surface area contributed by atoms with E-state index in [1.807, 2.05) is 33.7 Å². The van der Waals surface area contributed by atoms with Gasteiger partial charge in [-0.15, -0.1) is 0 Å². The first-order valence-corrected chi connectivity index (χ1v) is 10.00. The van der Waals surface area contributed by atoms with E-state index in [4.69, 9.17) is 4.42 Å². The number of benzene rings is 1. The van der Waals surface area contributed by atoms with Crippen LogP contribution >= 0.6 is 11.3 Å². The molecule has 2 amide bonds. The number of thiazole rings is 1. The molecule has 4 aromatic rings. The molecule has 8 nitrogen and oxygen atoms in total. The quantitative estimate of drug-likeness (QED) is 0.561. The highest BCUT2D eigenvalue weighted by atomic mass is 32.1. The van der Waals surface area contributed by atoms with E-state index in [0.717, 1.165) is 21.6 Å². The molecule has 146 valence electrons. The van der Waals surface area contributed by atoms with Crippen LogP contribution in [-0.4, -0.2) is 37.8 Å². The molecule has 29 heavy (non-hydrogen) atoms. The van der Waals surface area contributed by atoms with Gasteiger partial charge in [0, 0.05) is 17.8 Å². The molecule has 0 fully saturated rings. The normalized spacial score (nSPS) is 13.4. The Morgan fingerprint density at radius 1 is 1.21 bits per heavy atom. The molecule has 0 spiro atoms. The van der Waals surface area contributed by atoms with Crippen LogP contribution in [0.1, 0.15) is 21.1 Å². The van der Waals surface area contributed by atoms with Gasteiger partial charge in [-0.1, -0.05) is 23.5 Å². The van der Waals surface area contributed by atoms with Crippen molar-refractivity contribution in [1.82, 2.24) is 19.4 Å². The van der Waals surface area contributed by atoms with E-state index in [1.165, 1.54) is 17.6 Å². The molecule has 4 heterocycles. The minimum atomic E-state index is -0.332. The van der Waals surface area contributed by atoms with Gasteiger partial charge in [-0.3, -0.25) is 14.9 Å². The van der Waals surface area contributed by atoms with Gasteiger partial charge in [-0.2, -0.15) is 0 Å². The maximum absolute atomic E-state index is 12.8. The molecular formula is C20H17N5O3S. The molecule has 0 unspecified atom stereocenters. The van der Waals surface area contributed by atoms with Gasteiger partial charge < -0.3 is 13.9 Å². The smallest absolute Gasteiger partial charge is 0.293 e. The monoisotopic (exact) mass is 407 g/mol. The van der Waals surface area contributed by atoms with Crippen LogP contribution in [0.4, 0.5) is 5.13 Å². The summed E-state index contributed by atoms with van der Waals surface area (Å²) in [6.45, 7) is 1.35. The number of carbonyl (C=O) groups excluding carboxylic acids is 2. The Labute approximate surface area is 169 Å². The molecule has 1 aliphatic rings. The second-order valence-corrected chi connectivity index (χ2v) is 7.83. The Hall–Kier alpha value is -3.46. The second-order valence-electron chi connectivity index (χ2n) is 6.75. The number of nitrogens with one attached hydrogen (secondary N) is 1. The van der Waals surface area contributed by atoms with Crippen LogP contribution in [-0.2, 0) is 24.3 Å². The number of amides is 2. The molecule has 9 heteroatoms. The number of rotatable bonds is 4. The average Bonchev–Trinajstić information content (AvgIpc) is 3.47. The standard InChI is InChI=1S/C20H17N5O3S/c26-18(11-25-12-21-13-4-1-2-5-15(13)25)24-8-7-14-17(10-24)29-20(22-14)23-19(27)16-6-3-9-28-16/h1-6,9,12H,7-8,10-11H2,(H,22,23,27). The van der Waals surface area contributed by atoms with E-state index in [0.29, 0.717) is 24.6 Å². The van der Waals surface area contributed by atoms with Crippen LogP contribution in [0.2, 0.25) is 0 Å². The van der Waals surface area contributed by atoms with E-state index >= 15 is 0 Å². The molecule has 0 saturated heterocycles. The zero-order valence-electron chi connectivity index (χ0n) is 15.4. The summed E-state index contributed by atoms with van der Waals surface area (Å²) in [5, 5.41) is 3.28. The Morgan fingerprint density at radius 2 is 2.10 bits per heavy atom. The molecular weight excluding hydrogens is 390 g/mol. The van der Waals surface area contributed by atoms with Gasteiger partial charge in [-0.25, -0.2) is 9.97 Å². The van der Waals surface area contributed by atoms with Gasteiger partial charge in [0.15, 0.2) is 10.9 Å². The highest BCUT2D eigenvalue weighted by molar-refractivity contribution is 7.15. The minimum absolute atomic E-state index is 0.0355. The second kappa shape index (κ2) is 7.17. The van der Waals surface area contributed by atoms with Crippen molar-refractivity contribution in [2.24, 2.45) is 0 Å². The number of para-hydroxylation sites is 2. The molecule has 0 atom stereocenters. The Morgan fingerprint density at radius 3 is 2.97 bits per heavy atom. The van der Waals surface area contributed by atoms with Gasteiger partial charge in [0.2, 0.25) is 5.91 Å². The van der Waals surface area contributed by atoms with Crippen molar-refractivity contribution < 1.29 is 14.0 Å². The first-order valence-electron chi connectivity index (χ1n) is 9.18. The summed E-state index contributed by atoms with van der Waals surface area (Å²) < 4.78 is 6.97. The Kier molecular flexibility index (Phi) is 4.36. The number of nitrogens with zero attached hydrogens (tertiary/aromatic N) is 4. The lowest BCUT2D eigenvalue weighted by molar-refractivity contribution is -0.132. The average molecular weight is 407 g/mol. The van der Waals surface area contributed by atoms with Gasteiger partial charge >= 0.3 is 0 Å². The third-order valence-electron chi connectivity index (χ3n) is 4.88. The number of hydrogen-bond donors (Lipinski definition) is 1. The maximum Gasteiger partial charge on any atom is 0.293 e. The SMILES string of the molecule is O=C(Nc1nc2c(s1)CN(C(=O)Cn1cnc3ccccc31)CC2)c1ccco1. The van der Waals surface area contributed by atoms with E-state index < -0.39 is 0 Å². The number of carbonyl (C=O) groups is 2. The number of anilines is 1. The molecule has 1 aliphatic heterocycles. The van der Waals surface area contributed by atoms with Crippen molar-refractivity contribution in [2.75, 3.05) is 11.9 Å². The lowest BCUT2D eigenvalue weighted by Crippen LogP contribution is -2.37. The first-order chi connectivity index (χ1) is 14.2. The lowest BCUT2D eigenvalue weighted by atomic mass is 10.2. The van der Waals surface area contributed by atoms with Crippen molar-refractivity contribution in [3.63, 3.8) is 0 Å². The highest BCUT2D eigenvalue weighted by Crippen LogP contribution is 2.29. The Bertz CT molecular complexity index is 1190. The summed E-state index contributed by atoms with van der Waals surface area (Å²) in [6.07, 6.45) is 3.82. The topological polar surface area (TPSA) is 93.3 Å². The first kappa shape index (κ1) is 17.6. The maximum atomic E-state index is 12.8. The number of furan rings is 1. The van der Waals surface area contributed by atoms with E-state index in [-0.39, 0.29) is 24.1 Å². The molecule has 0 radical (unpaired) electrons. The minimum Gasteiger partial charge on any atom is -0.459 e. The highest BCUT2D eigenvalue weighted by Gasteiger charge is 2.25. The number of imidazole rings is 1. The molecule has 3 aromatic heterocycles. The fourth-order valence-electron chi connectivity index (χ4n) is 3.41. The van der Waals surface area contributed by atoms with Crippen molar-refractivity contribution >= 4 is 39.3 Å². The molecule has 1 aromatic carbocycles. The Balaban J connectivity index is 1.27. The summed E-state index contributed by atoms with van der Waals surface area (Å²) >= 11 is 1.39. The zero-order valence-corrected chi connectivity index (χ0v) is 16.2. The lowest BCUT2D eigenvalue weighted by Gasteiger charge is -2.26. The van der Waals surface area contributed by atoms with Crippen molar-refractivity contribution in [3.05, 3.63) is 65.3 Å². The number of aromatic nitrogens is 3. The van der Waals surface area contributed by atoms with Crippen LogP contribution in [0.5, 0.6) is 0 Å². The molecule has 5 rings (SSSR count). The summed E-state index contributed by atoms with van der Waals surface area (Å²) in [5.41, 5.74) is 2.75. The van der Waals surface area contributed by atoms with Crippen LogP contribution < -0.4 is 5.32 Å². The van der Waals surface area contributed by atoms with E-state index in [9.17, 15) is 9.59 Å². The number of fused-ring (bicyclic) bond motifs is 2. The van der Waals surface area contributed by atoms with Crippen molar-refractivity contribution in [1.29, 1.82) is 0 Å². The van der Waals surface area contributed by atoms with E-state index in [1.54, 1.807) is 18.5 Å². The van der Waals surface area contributed by atoms with Crippen LogP contribution in [0.15, 0.2) is 53.4 Å². The van der Waals surface area contributed by atoms with Gasteiger partial charge in [0.25, 0.3) is 5.91 Å². The third-order valence-corrected chi connectivity index (χ3v) is 5.88. The number of hydrogen-bond acceptors (Lipinski definition) is 6. The molecule has 1 N–H and O–H groups in total. The summed E-state index contributed by atoms with van der Waals surface area (Å²) in [6, 6.07) is 11.0. The van der Waals surface area contributed by atoms with Crippen LogP contribution in [0.25, 0.3) is 11.0 Å². The van der Waals surface area contributed by atoms with Crippen LogP contribution in [0.3, 0.4) is 0 Å². The predicted octanol–water partition coefficient (Wildman–Crippen LogP) is 2.92. The third kappa shape index (κ3) is 3.40. The largest absolute Gasteiger partial charge is 0.459 e. The molecule has 0 bridgehead atoms. The van der Waals surface area contributed by atoms with Crippen LogP contribution in [0, 0.1) is 0 Å². The van der Waals surface area contributed by atoms with E-state index in [2.05, 4.69) is 15.3 Å². The zero-order chi connectivity index (χ0) is 19.8. The fourth-order valence-corrected chi connectivity index (χ4v) is 4.43. The van der Waals surface area contributed by atoms with Gasteiger partial charge in [-0.05, 0) is 24.3 Å². The van der Waals surface area contributed by atoms with Crippen molar-refractivity contribution in [3.8, 4) is 0 Å². The van der Waals surface area contributed by atoms with Gasteiger partial charge in [0.05, 0.1) is 35.9 Å². The predicted molar refractivity (Wildman–Crippen MR) is 108 cm³/mol. The summed E-state index contributed by atoms with van der Waals surface area (Å²) in [7, 11) is 0.